The van der Waals surface area contributed by atoms with E-state index in [0.29, 0.717) is 0 Å². The van der Waals surface area contributed by atoms with Gasteiger partial charge in [-0.05, 0) is 37.9 Å². The number of pyridine rings is 1. The monoisotopic (exact) mass is 261 g/mol. The average molecular weight is 261 g/mol. The normalized spacial score (nSPS) is 21.2. The van der Waals surface area contributed by atoms with E-state index >= 15 is 0 Å². The first kappa shape index (κ1) is 14.5. The van der Waals surface area contributed by atoms with Crippen molar-refractivity contribution >= 4 is 0 Å². The standard InChI is InChI=1S/C16H27N3/c1-2-16-9-4-3-7-12-19(16)13-11-17-14-15-8-5-6-10-18-15/h5-6,8,10,16-17H,2-4,7,9,11-14H2,1H3. The maximum atomic E-state index is 4.33. The van der Waals surface area contributed by atoms with Crippen LogP contribution in [0.25, 0.3) is 0 Å². The Morgan fingerprint density at radius 2 is 2.26 bits per heavy atom. The molecule has 0 amide bonds. The van der Waals surface area contributed by atoms with Gasteiger partial charge in [0, 0.05) is 31.9 Å². The van der Waals surface area contributed by atoms with E-state index in [-0.39, 0.29) is 0 Å². The van der Waals surface area contributed by atoms with E-state index < -0.39 is 0 Å². The molecule has 19 heavy (non-hydrogen) atoms. The summed E-state index contributed by atoms with van der Waals surface area (Å²) in [6.45, 7) is 6.72. The molecule has 1 aliphatic rings. The molecule has 1 N–H and O–H groups in total. The highest BCUT2D eigenvalue weighted by Crippen LogP contribution is 2.18. The lowest BCUT2D eigenvalue weighted by Gasteiger charge is -2.29. The first-order valence-corrected chi connectivity index (χ1v) is 7.75. The first-order valence-electron chi connectivity index (χ1n) is 7.75. The largest absolute Gasteiger partial charge is 0.310 e. The maximum absolute atomic E-state index is 4.33. The van der Waals surface area contributed by atoms with Gasteiger partial charge in [0.25, 0.3) is 0 Å². The zero-order valence-corrected chi connectivity index (χ0v) is 12.1. The Morgan fingerprint density at radius 1 is 1.32 bits per heavy atom. The van der Waals surface area contributed by atoms with Crippen molar-refractivity contribution < 1.29 is 0 Å². The van der Waals surface area contributed by atoms with Gasteiger partial charge in [-0.3, -0.25) is 9.88 Å². The number of likely N-dealkylation sites (tertiary alicyclic amines) is 1. The van der Waals surface area contributed by atoms with Gasteiger partial charge in [-0.2, -0.15) is 0 Å². The molecule has 2 rings (SSSR count). The van der Waals surface area contributed by atoms with Gasteiger partial charge < -0.3 is 5.32 Å². The summed E-state index contributed by atoms with van der Waals surface area (Å²) in [6.07, 6.45) is 8.73. The number of rotatable bonds is 6. The molecule has 0 saturated carbocycles. The van der Waals surface area contributed by atoms with Crippen LogP contribution in [0.3, 0.4) is 0 Å². The van der Waals surface area contributed by atoms with Gasteiger partial charge in [0.15, 0.2) is 0 Å². The minimum atomic E-state index is 0.805. The van der Waals surface area contributed by atoms with E-state index in [1.165, 1.54) is 45.2 Å². The molecule has 1 saturated heterocycles. The van der Waals surface area contributed by atoms with Crippen LogP contribution in [-0.2, 0) is 6.54 Å². The third-order valence-corrected chi connectivity index (χ3v) is 4.08. The molecular formula is C16H27N3. The second kappa shape index (κ2) is 8.28. The molecule has 0 aromatic carbocycles. The fourth-order valence-corrected chi connectivity index (χ4v) is 2.94. The molecule has 106 valence electrons. The maximum Gasteiger partial charge on any atom is 0.0541 e. The Kier molecular flexibility index (Phi) is 6.31. The van der Waals surface area contributed by atoms with E-state index in [0.717, 1.165) is 24.8 Å². The van der Waals surface area contributed by atoms with Gasteiger partial charge in [0.2, 0.25) is 0 Å². The molecule has 1 atom stereocenters. The van der Waals surface area contributed by atoms with Crippen molar-refractivity contribution in [3.8, 4) is 0 Å². The number of hydrogen-bond donors (Lipinski definition) is 1. The second-order valence-electron chi connectivity index (χ2n) is 5.45. The Morgan fingerprint density at radius 3 is 3.05 bits per heavy atom. The first-order chi connectivity index (χ1) is 9.40. The predicted molar refractivity (Wildman–Crippen MR) is 80.1 cm³/mol. The summed E-state index contributed by atoms with van der Waals surface area (Å²) in [6, 6.07) is 6.89. The third kappa shape index (κ3) is 4.92. The summed E-state index contributed by atoms with van der Waals surface area (Å²) in [7, 11) is 0. The topological polar surface area (TPSA) is 28.2 Å². The van der Waals surface area contributed by atoms with Crippen molar-refractivity contribution in [2.24, 2.45) is 0 Å². The SMILES string of the molecule is CCC1CCCCCN1CCNCc1ccccn1. The van der Waals surface area contributed by atoms with Crippen LogP contribution in [0.1, 0.15) is 44.7 Å². The number of nitrogens with zero attached hydrogens (tertiary/aromatic N) is 2. The molecule has 1 aliphatic heterocycles. The minimum absolute atomic E-state index is 0.805. The summed E-state index contributed by atoms with van der Waals surface area (Å²) in [5.74, 6) is 0. The van der Waals surface area contributed by atoms with Crippen molar-refractivity contribution in [2.45, 2.75) is 51.6 Å². The van der Waals surface area contributed by atoms with Gasteiger partial charge in [0.05, 0.1) is 5.69 Å². The zero-order valence-electron chi connectivity index (χ0n) is 12.1. The highest BCUT2D eigenvalue weighted by molar-refractivity contribution is 5.02. The minimum Gasteiger partial charge on any atom is -0.310 e. The zero-order chi connectivity index (χ0) is 13.3. The highest BCUT2D eigenvalue weighted by atomic mass is 15.2. The molecule has 1 unspecified atom stereocenters. The van der Waals surface area contributed by atoms with Crippen molar-refractivity contribution in [2.75, 3.05) is 19.6 Å². The summed E-state index contributed by atoms with van der Waals surface area (Å²) in [5.41, 5.74) is 1.13. The second-order valence-corrected chi connectivity index (χ2v) is 5.45. The van der Waals surface area contributed by atoms with Crippen LogP contribution in [0.5, 0.6) is 0 Å². The lowest BCUT2D eigenvalue weighted by molar-refractivity contribution is 0.195. The highest BCUT2D eigenvalue weighted by Gasteiger charge is 2.18. The molecule has 0 bridgehead atoms. The summed E-state index contributed by atoms with van der Waals surface area (Å²) in [4.78, 5) is 7.01. The Hall–Kier alpha value is -0.930. The molecule has 1 aromatic rings. The molecule has 2 heterocycles. The average Bonchev–Trinajstić information content (AvgIpc) is 2.69. The fraction of sp³-hybridized carbons (Fsp3) is 0.688. The fourth-order valence-electron chi connectivity index (χ4n) is 2.94. The van der Waals surface area contributed by atoms with E-state index in [4.69, 9.17) is 0 Å². The molecular weight excluding hydrogens is 234 g/mol. The molecule has 3 nitrogen and oxygen atoms in total. The molecule has 1 aromatic heterocycles. The number of hydrogen-bond acceptors (Lipinski definition) is 3. The molecule has 0 spiro atoms. The van der Waals surface area contributed by atoms with Crippen molar-refractivity contribution in [1.29, 1.82) is 0 Å². The third-order valence-electron chi connectivity index (χ3n) is 4.08. The number of nitrogens with one attached hydrogen (secondary N) is 1. The molecule has 0 aliphatic carbocycles. The Labute approximate surface area is 117 Å². The van der Waals surface area contributed by atoms with Gasteiger partial charge in [-0.1, -0.05) is 25.8 Å². The van der Waals surface area contributed by atoms with Crippen LogP contribution in [0, 0.1) is 0 Å². The van der Waals surface area contributed by atoms with Crippen molar-refractivity contribution in [3.63, 3.8) is 0 Å². The van der Waals surface area contributed by atoms with Crippen LogP contribution in [0.15, 0.2) is 24.4 Å². The molecule has 3 heteroatoms. The quantitative estimate of drug-likeness (QED) is 0.798. The van der Waals surface area contributed by atoms with E-state index in [2.05, 4.69) is 28.2 Å². The van der Waals surface area contributed by atoms with Gasteiger partial charge in [-0.15, -0.1) is 0 Å². The van der Waals surface area contributed by atoms with Gasteiger partial charge in [0.1, 0.15) is 0 Å². The smallest absolute Gasteiger partial charge is 0.0541 e. The Balaban J connectivity index is 1.69. The van der Waals surface area contributed by atoms with Crippen LogP contribution in [-0.4, -0.2) is 35.6 Å². The molecule has 0 radical (unpaired) electrons. The molecule has 1 fully saturated rings. The lowest BCUT2D eigenvalue weighted by atomic mass is 10.1. The number of aromatic nitrogens is 1. The summed E-state index contributed by atoms with van der Waals surface area (Å²) in [5, 5.41) is 3.51. The summed E-state index contributed by atoms with van der Waals surface area (Å²) < 4.78 is 0. The van der Waals surface area contributed by atoms with Crippen LogP contribution in [0.2, 0.25) is 0 Å². The Bertz CT molecular complexity index is 339. The van der Waals surface area contributed by atoms with Gasteiger partial charge >= 0.3 is 0 Å². The van der Waals surface area contributed by atoms with E-state index in [1.54, 1.807) is 0 Å². The van der Waals surface area contributed by atoms with Crippen LogP contribution < -0.4 is 5.32 Å². The van der Waals surface area contributed by atoms with Crippen LogP contribution >= 0.6 is 0 Å². The van der Waals surface area contributed by atoms with Crippen molar-refractivity contribution in [1.82, 2.24) is 15.2 Å². The summed E-state index contributed by atoms with van der Waals surface area (Å²) >= 11 is 0. The van der Waals surface area contributed by atoms with Crippen LogP contribution in [0.4, 0.5) is 0 Å². The van der Waals surface area contributed by atoms with Gasteiger partial charge in [-0.25, -0.2) is 0 Å². The van der Waals surface area contributed by atoms with Crippen molar-refractivity contribution in [3.05, 3.63) is 30.1 Å². The predicted octanol–water partition coefficient (Wildman–Crippen LogP) is 2.83. The lowest BCUT2D eigenvalue weighted by Crippen LogP contribution is -2.39. The van der Waals surface area contributed by atoms with E-state index in [9.17, 15) is 0 Å². The van der Waals surface area contributed by atoms with E-state index in [1.807, 2.05) is 18.3 Å².